The number of rotatable bonds is 11. The molecule has 0 spiro atoms. The van der Waals surface area contributed by atoms with Crippen LogP contribution in [-0.4, -0.2) is 53.0 Å². The number of nitrogens with one attached hydrogen (secondary N) is 3. The highest BCUT2D eigenvalue weighted by Gasteiger charge is 2.27. The number of pyridine rings is 1. The molecule has 0 fully saturated rings. The number of carbonyl (C=O) groups is 4. The maximum Gasteiger partial charge on any atom is 0.323 e. The number of amides is 4. The van der Waals surface area contributed by atoms with Crippen LogP contribution in [0.15, 0.2) is 78.3 Å². The molecule has 4 rings (SSSR count). The molecule has 12 heteroatoms. The first-order chi connectivity index (χ1) is 20.6. The molecule has 2 aromatic carbocycles. The molecule has 2 aromatic heterocycles. The van der Waals surface area contributed by atoms with E-state index in [2.05, 4.69) is 20.9 Å². The molecule has 4 amide bonds. The van der Waals surface area contributed by atoms with Crippen LogP contribution < -0.4 is 20.7 Å². The minimum absolute atomic E-state index is 0.0213. The summed E-state index contributed by atoms with van der Waals surface area (Å²) in [7, 11) is 3.01. The van der Waals surface area contributed by atoms with Gasteiger partial charge in [0.25, 0.3) is 5.91 Å². The van der Waals surface area contributed by atoms with E-state index in [4.69, 9.17) is 4.74 Å². The van der Waals surface area contributed by atoms with Crippen molar-refractivity contribution >= 4 is 52.2 Å². The maximum atomic E-state index is 12.8. The number of methoxy groups -OCH3 is 1. The number of nitrogens with zero attached hydrogens (tertiary/aromatic N) is 2. The number of aryl methyl sites for hydroxylation is 1. The summed E-state index contributed by atoms with van der Waals surface area (Å²) in [5.74, 6) is -1.30. The zero-order chi connectivity index (χ0) is 30.9. The van der Waals surface area contributed by atoms with Crippen molar-refractivity contribution in [1.29, 1.82) is 0 Å². The Morgan fingerprint density at radius 2 is 1.74 bits per heavy atom. The molecule has 0 aliphatic carbocycles. The molecule has 11 nitrogen and oxygen atoms in total. The third kappa shape index (κ3) is 8.17. The molecule has 0 aliphatic rings. The van der Waals surface area contributed by atoms with Gasteiger partial charge in [-0.3, -0.25) is 19.4 Å². The number of carboxylic acid groups (broad SMARTS) is 1. The molecule has 0 aliphatic heterocycles. The van der Waals surface area contributed by atoms with Crippen LogP contribution in [0.25, 0.3) is 0 Å². The molecule has 1 atom stereocenters. The van der Waals surface area contributed by atoms with E-state index in [-0.39, 0.29) is 24.7 Å². The molecule has 4 aromatic rings. The molecular formula is C31H31N5O6S. The molecule has 0 saturated carbocycles. The zero-order valence-electron chi connectivity index (χ0n) is 23.8. The summed E-state index contributed by atoms with van der Waals surface area (Å²) in [5, 5.41) is 19.5. The first-order valence-corrected chi connectivity index (χ1v) is 14.1. The smallest absolute Gasteiger partial charge is 0.323 e. The van der Waals surface area contributed by atoms with E-state index in [0.717, 1.165) is 5.56 Å². The molecule has 4 N–H and O–H groups in total. The standard InChI is InChI=1S/C31H31N5O6S/c1-19-7-4-5-8-22(19)34-31(41)35-24-12-10-20(15-26(24)42-3)16-28(37)33-21-11-13-23(32-18-21)25(17-29(38)39)36(2)30(40)27-9-6-14-43-27/h4-15,18,25H,16-17H2,1-3H3,(H,33,37)(H,38,39)(H2,34,35,41). The van der Waals surface area contributed by atoms with E-state index >= 15 is 0 Å². The van der Waals surface area contributed by atoms with Crippen LogP contribution in [0.2, 0.25) is 0 Å². The Balaban J connectivity index is 1.38. The van der Waals surface area contributed by atoms with Crippen LogP contribution in [0.5, 0.6) is 5.75 Å². The Morgan fingerprint density at radius 3 is 2.40 bits per heavy atom. The number of ether oxygens (including phenoxy) is 1. The summed E-state index contributed by atoms with van der Waals surface area (Å²) < 4.78 is 5.43. The van der Waals surface area contributed by atoms with Crippen molar-refractivity contribution in [3.05, 3.63) is 100 Å². The van der Waals surface area contributed by atoms with Gasteiger partial charge >= 0.3 is 12.0 Å². The molecule has 43 heavy (non-hydrogen) atoms. The first kappa shape index (κ1) is 30.7. The van der Waals surface area contributed by atoms with Gasteiger partial charge < -0.3 is 30.7 Å². The Bertz CT molecular complexity index is 1610. The fourth-order valence-electron chi connectivity index (χ4n) is 4.33. The van der Waals surface area contributed by atoms with E-state index in [1.54, 1.807) is 61.0 Å². The number of para-hydroxylation sites is 1. The zero-order valence-corrected chi connectivity index (χ0v) is 24.6. The van der Waals surface area contributed by atoms with Gasteiger partial charge in [0, 0.05) is 12.7 Å². The monoisotopic (exact) mass is 601 g/mol. The highest BCUT2D eigenvalue weighted by molar-refractivity contribution is 7.12. The largest absolute Gasteiger partial charge is 0.495 e. The number of aromatic nitrogens is 1. The van der Waals surface area contributed by atoms with E-state index in [0.29, 0.717) is 38.9 Å². The number of urea groups is 1. The fourth-order valence-corrected chi connectivity index (χ4v) is 5.03. The van der Waals surface area contributed by atoms with Crippen LogP contribution >= 0.6 is 11.3 Å². The third-order valence-electron chi connectivity index (χ3n) is 6.57. The van der Waals surface area contributed by atoms with Gasteiger partial charge in [-0.2, -0.15) is 0 Å². The Labute approximate surface area is 252 Å². The lowest BCUT2D eigenvalue weighted by molar-refractivity contribution is -0.138. The molecule has 222 valence electrons. The van der Waals surface area contributed by atoms with E-state index in [1.807, 2.05) is 25.1 Å². The second-order valence-electron chi connectivity index (χ2n) is 9.63. The van der Waals surface area contributed by atoms with Gasteiger partial charge in [-0.25, -0.2) is 4.79 Å². The number of carboxylic acids is 1. The lowest BCUT2D eigenvalue weighted by Gasteiger charge is -2.26. The minimum atomic E-state index is -1.07. The molecule has 0 bridgehead atoms. The highest BCUT2D eigenvalue weighted by atomic mass is 32.1. The van der Waals surface area contributed by atoms with Crippen molar-refractivity contribution < 1.29 is 29.0 Å². The van der Waals surface area contributed by atoms with Crippen molar-refractivity contribution in [2.75, 3.05) is 30.1 Å². The number of hydrogen-bond donors (Lipinski definition) is 4. The van der Waals surface area contributed by atoms with Crippen LogP contribution in [0, 0.1) is 6.92 Å². The van der Waals surface area contributed by atoms with E-state index in [9.17, 15) is 24.3 Å². The van der Waals surface area contributed by atoms with Gasteiger partial charge in [0.1, 0.15) is 5.75 Å². The summed E-state index contributed by atoms with van der Waals surface area (Å²) in [6.45, 7) is 1.89. The Morgan fingerprint density at radius 1 is 0.977 bits per heavy atom. The summed E-state index contributed by atoms with van der Waals surface area (Å²) in [6, 6.07) is 17.9. The van der Waals surface area contributed by atoms with Crippen molar-refractivity contribution in [3.63, 3.8) is 0 Å². The quantitative estimate of drug-likeness (QED) is 0.175. The number of aliphatic carboxylic acids is 1. The van der Waals surface area contributed by atoms with E-state index in [1.165, 1.54) is 29.5 Å². The molecular weight excluding hydrogens is 570 g/mol. The normalized spacial score (nSPS) is 11.2. The van der Waals surface area contributed by atoms with Crippen LogP contribution in [0.3, 0.4) is 0 Å². The number of carbonyl (C=O) groups excluding carboxylic acids is 3. The van der Waals surface area contributed by atoms with Crippen molar-refractivity contribution in [1.82, 2.24) is 9.88 Å². The van der Waals surface area contributed by atoms with Gasteiger partial charge in [-0.05, 0) is 59.8 Å². The van der Waals surface area contributed by atoms with Crippen molar-refractivity contribution in [2.45, 2.75) is 25.8 Å². The van der Waals surface area contributed by atoms with Gasteiger partial charge in [0.05, 0.1) is 54.1 Å². The van der Waals surface area contributed by atoms with Gasteiger partial charge in [0.2, 0.25) is 5.91 Å². The van der Waals surface area contributed by atoms with Gasteiger partial charge in [-0.1, -0.05) is 30.3 Å². The highest BCUT2D eigenvalue weighted by Crippen LogP contribution is 2.28. The predicted molar refractivity (Wildman–Crippen MR) is 165 cm³/mol. The number of hydrogen-bond acceptors (Lipinski definition) is 7. The number of anilines is 3. The van der Waals surface area contributed by atoms with Gasteiger partial charge in [0.15, 0.2) is 0 Å². The second kappa shape index (κ2) is 14.1. The van der Waals surface area contributed by atoms with Crippen LogP contribution in [0.1, 0.15) is 39.0 Å². The average Bonchev–Trinajstić information content (AvgIpc) is 3.53. The summed E-state index contributed by atoms with van der Waals surface area (Å²) >= 11 is 1.27. The van der Waals surface area contributed by atoms with Crippen molar-refractivity contribution in [2.24, 2.45) is 0 Å². The number of thiophene rings is 1. The first-order valence-electron chi connectivity index (χ1n) is 13.2. The average molecular weight is 602 g/mol. The molecule has 0 radical (unpaired) electrons. The van der Waals surface area contributed by atoms with Gasteiger partial charge in [-0.15, -0.1) is 11.3 Å². The lowest BCUT2D eigenvalue weighted by atomic mass is 10.1. The minimum Gasteiger partial charge on any atom is -0.495 e. The summed E-state index contributed by atoms with van der Waals surface area (Å²) in [5.41, 5.74) is 3.49. The van der Waals surface area contributed by atoms with E-state index < -0.39 is 18.0 Å². The van der Waals surface area contributed by atoms with Crippen LogP contribution in [0.4, 0.5) is 21.9 Å². The second-order valence-corrected chi connectivity index (χ2v) is 10.6. The number of benzene rings is 2. The topological polar surface area (TPSA) is 150 Å². The molecule has 1 unspecified atom stereocenters. The lowest BCUT2D eigenvalue weighted by Crippen LogP contribution is -2.32. The Hall–Kier alpha value is -5.23. The third-order valence-corrected chi connectivity index (χ3v) is 7.43. The summed E-state index contributed by atoms with van der Waals surface area (Å²) in [6.07, 6.45) is 1.12. The fraction of sp³-hybridized carbons (Fsp3) is 0.194. The Kier molecular flexibility index (Phi) is 10.1. The molecule has 0 saturated heterocycles. The maximum absolute atomic E-state index is 12.8. The molecule has 2 heterocycles. The summed E-state index contributed by atoms with van der Waals surface area (Å²) in [4.78, 5) is 55.9. The van der Waals surface area contributed by atoms with Crippen molar-refractivity contribution in [3.8, 4) is 5.75 Å². The SMILES string of the molecule is COc1cc(CC(=O)Nc2ccc(C(CC(=O)O)N(C)C(=O)c3cccs3)nc2)ccc1NC(=O)Nc1ccccc1C. The van der Waals surface area contributed by atoms with Crippen LogP contribution in [-0.2, 0) is 16.0 Å². The predicted octanol–water partition coefficient (Wildman–Crippen LogP) is 5.57.